The van der Waals surface area contributed by atoms with Gasteiger partial charge in [0.2, 0.25) is 0 Å². The number of aromatic hydroxyl groups is 1. The number of carbonyl (C=O) groups is 1. The fraction of sp³-hybridized carbons (Fsp3) is 0.0714. The first kappa shape index (κ1) is 15.9. The number of ether oxygens (including phenoxy) is 1. The van der Waals surface area contributed by atoms with Gasteiger partial charge in [0.25, 0.3) is 11.6 Å². The second-order valence-corrected chi connectivity index (χ2v) is 4.26. The van der Waals surface area contributed by atoms with E-state index in [0.29, 0.717) is 0 Å². The van der Waals surface area contributed by atoms with Crippen molar-refractivity contribution in [1.82, 2.24) is 10.4 Å². The third-order valence-electron chi connectivity index (χ3n) is 2.79. The number of methoxy groups -OCH3 is 1. The Morgan fingerprint density at radius 1 is 1.48 bits per heavy atom. The fourth-order valence-electron chi connectivity index (χ4n) is 1.69. The number of aromatic nitrogens is 1. The maximum absolute atomic E-state index is 11.7. The largest absolute Gasteiger partial charge is 0.504 e. The smallest absolute Gasteiger partial charge is 0.289 e. The van der Waals surface area contributed by atoms with E-state index < -0.39 is 10.8 Å². The molecule has 0 bridgehead atoms. The van der Waals surface area contributed by atoms with E-state index >= 15 is 0 Å². The molecule has 0 saturated carbocycles. The first-order valence-electron chi connectivity index (χ1n) is 6.32. The van der Waals surface area contributed by atoms with Gasteiger partial charge in [0.15, 0.2) is 11.5 Å². The highest BCUT2D eigenvalue weighted by molar-refractivity contribution is 5.93. The summed E-state index contributed by atoms with van der Waals surface area (Å²) in [7, 11) is 1.27. The van der Waals surface area contributed by atoms with Crippen LogP contribution in [-0.2, 0) is 0 Å². The van der Waals surface area contributed by atoms with Crippen LogP contribution in [0.4, 0.5) is 5.69 Å². The van der Waals surface area contributed by atoms with Crippen LogP contribution in [0.25, 0.3) is 0 Å². The molecule has 0 aliphatic carbocycles. The van der Waals surface area contributed by atoms with Crippen LogP contribution in [-0.4, -0.2) is 34.2 Å². The summed E-state index contributed by atoms with van der Waals surface area (Å²) in [5.41, 5.74) is 2.11. The maximum atomic E-state index is 11.7. The molecule has 0 radical (unpaired) electrons. The predicted molar refractivity (Wildman–Crippen MR) is 80.6 cm³/mol. The van der Waals surface area contributed by atoms with Crippen molar-refractivity contribution >= 4 is 17.8 Å². The van der Waals surface area contributed by atoms with Crippen LogP contribution in [0.5, 0.6) is 11.5 Å². The Bertz CT molecular complexity index is 761. The van der Waals surface area contributed by atoms with Gasteiger partial charge in [-0.25, -0.2) is 5.43 Å². The van der Waals surface area contributed by atoms with Gasteiger partial charge < -0.3 is 9.84 Å². The van der Waals surface area contributed by atoms with Gasteiger partial charge >= 0.3 is 0 Å². The number of carbonyl (C=O) groups excluding carboxylic acids is 1. The topological polar surface area (TPSA) is 127 Å². The lowest BCUT2D eigenvalue weighted by atomic mass is 10.2. The number of rotatable bonds is 5. The van der Waals surface area contributed by atoms with E-state index in [1.54, 1.807) is 12.1 Å². The van der Waals surface area contributed by atoms with Crippen LogP contribution >= 0.6 is 0 Å². The molecule has 9 nitrogen and oxygen atoms in total. The minimum absolute atomic E-state index is 0.0253. The van der Waals surface area contributed by atoms with Gasteiger partial charge in [-0.3, -0.25) is 19.9 Å². The molecule has 23 heavy (non-hydrogen) atoms. The summed E-state index contributed by atoms with van der Waals surface area (Å²) in [4.78, 5) is 25.8. The van der Waals surface area contributed by atoms with E-state index in [2.05, 4.69) is 15.5 Å². The van der Waals surface area contributed by atoms with E-state index in [9.17, 15) is 20.0 Å². The molecular weight excluding hydrogens is 304 g/mol. The number of nitro benzene ring substituents is 1. The van der Waals surface area contributed by atoms with Gasteiger partial charge in [0, 0.05) is 17.8 Å². The van der Waals surface area contributed by atoms with Crippen LogP contribution in [0.3, 0.4) is 0 Å². The molecular formula is C14H12N4O5. The van der Waals surface area contributed by atoms with Gasteiger partial charge in [-0.2, -0.15) is 5.10 Å². The maximum Gasteiger partial charge on any atom is 0.289 e. The Hall–Kier alpha value is -3.49. The normalized spacial score (nSPS) is 10.5. The molecule has 0 fully saturated rings. The average Bonchev–Trinajstić information content (AvgIpc) is 2.56. The number of benzene rings is 1. The number of hydrogen-bond acceptors (Lipinski definition) is 7. The van der Waals surface area contributed by atoms with Gasteiger partial charge in [-0.05, 0) is 12.1 Å². The summed E-state index contributed by atoms with van der Waals surface area (Å²) in [6, 6.07) is 6.99. The molecule has 1 aromatic carbocycles. The van der Waals surface area contributed by atoms with Crippen LogP contribution in [0.2, 0.25) is 0 Å². The Balaban J connectivity index is 2.20. The number of hydrogen-bond donors (Lipinski definition) is 2. The lowest BCUT2D eigenvalue weighted by Gasteiger charge is -2.05. The second-order valence-electron chi connectivity index (χ2n) is 4.26. The van der Waals surface area contributed by atoms with Crippen LogP contribution < -0.4 is 10.2 Å². The number of pyridine rings is 1. The number of nitrogens with zero attached hydrogens (tertiary/aromatic N) is 3. The molecule has 0 saturated heterocycles. The van der Waals surface area contributed by atoms with Crippen molar-refractivity contribution in [3.8, 4) is 11.5 Å². The van der Waals surface area contributed by atoms with Gasteiger partial charge in [0.05, 0.1) is 24.3 Å². The van der Waals surface area contributed by atoms with E-state index in [0.717, 1.165) is 18.3 Å². The second kappa shape index (κ2) is 6.98. The quantitative estimate of drug-likeness (QED) is 0.488. The zero-order valence-corrected chi connectivity index (χ0v) is 12.0. The Labute approximate surface area is 130 Å². The van der Waals surface area contributed by atoms with Crippen LogP contribution in [0.15, 0.2) is 41.6 Å². The number of phenolic OH excluding ortho intramolecular Hbond substituents is 1. The van der Waals surface area contributed by atoms with Crippen LogP contribution in [0, 0.1) is 10.1 Å². The summed E-state index contributed by atoms with van der Waals surface area (Å²) >= 11 is 0. The SMILES string of the molecule is COc1cc([N+](=O)[O-])cc(/C=N\NC(=O)c2ccccn2)c1O. The molecule has 0 aliphatic heterocycles. The fourth-order valence-corrected chi connectivity index (χ4v) is 1.69. The van der Waals surface area contributed by atoms with Gasteiger partial charge in [-0.15, -0.1) is 0 Å². The molecule has 0 atom stereocenters. The van der Waals surface area contributed by atoms with Crippen molar-refractivity contribution in [1.29, 1.82) is 0 Å². The van der Waals surface area contributed by atoms with E-state index in [1.807, 2.05) is 0 Å². The number of nitrogens with one attached hydrogen (secondary N) is 1. The highest BCUT2D eigenvalue weighted by Gasteiger charge is 2.15. The lowest BCUT2D eigenvalue weighted by molar-refractivity contribution is -0.385. The molecule has 2 N–H and O–H groups in total. The molecule has 9 heteroatoms. The van der Waals surface area contributed by atoms with Crippen molar-refractivity contribution in [2.75, 3.05) is 7.11 Å². The number of nitro groups is 1. The number of non-ortho nitro benzene ring substituents is 1. The average molecular weight is 316 g/mol. The monoisotopic (exact) mass is 316 g/mol. The number of amides is 1. The molecule has 0 spiro atoms. The van der Waals surface area contributed by atoms with Crippen molar-refractivity contribution in [3.05, 3.63) is 57.9 Å². The van der Waals surface area contributed by atoms with Crippen molar-refractivity contribution in [3.63, 3.8) is 0 Å². The Kier molecular flexibility index (Phi) is 4.82. The van der Waals surface area contributed by atoms with Gasteiger partial charge in [-0.1, -0.05) is 6.07 Å². The molecule has 1 heterocycles. The van der Waals surface area contributed by atoms with E-state index in [1.165, 1.54) is 19.4 Å². The molecule has 1 amide bonds. The van der Waals surface area contributed by atoms with E-state index in [4.69, 9.17) is 4.74 Å². The van der Waals surface area contributed by atoms with Crippen molar-refractivity contribution in [2.24, 2.45) is 5.10 Å². The molecule has 2 aromatic rings. The number of hydrazone groups is 1. The highest BCUT2D eigenvalue weighted by Crippen LogP contribution is 2.33. The number of phenols is 1. The minimum atomic E-state index is -0.633. The molecule has 0 unspecified atom stereocenters. The molecule has 118 valence electrons. The Morgan fingerprint density at radius 2 is 2.26 bits per heavy atom. The first-order valence-corrected chi connectivity index (χ1v) is 6.32. The molecule has 1 aromatic heterocycles. The molecule has 0 aliphatic rings. The van der Waals surface area contributed by atoms with Crippen molar-refractivity contribution in [2.45, 2.75) is 0 Å². The summed E-state index contributed by atoms with van der Waals surface area (Å²) < 4.78 is 4.86. The predicted octanol–water partition coefficient (Wildman–Crippen LogP) is 1.47. The van der Waals surface area contributed by atoms with Crippen LogP contribution in [0.1, 0.15) is 16.1 Å². The summed E-state index contributed by atoms with van der Waals surface area (Å²) in [5.74, 6) is -0.954. The standard InChI is InChI=1S/C14H12N4O5/c1-23-12-7-10(18(21)22)6-9(13(12)19)8-16-17-14(20)11-4-2-3-5-15-11/h2-8,19H,1H3,(H,17,20)/b16-8-. The molecule has 2 rings (SSSR count). The zero-order chi connectivity index (χ0) is 16.8. The highest BCUT2D eigenvalue weighted by atomic mass is 16.6. The first-order chi connectivity index (χ1) is 11.0. The summed E-state index contributed by atoms with van der Waals surface area (Å²) in [6.07, 6.45) is 2.53. The lowest BCUT2D eigenvalue weighted by Crippen LogP contribution is -2.18. The van der Waals surface area contributed by atoms with E-state index in [-0.39, 0.29) is 28.4 Å². The summed E-state index contributed by atoms with van der Waals surface area (Å²) in [5, 5.41) is 24.4. The van der Waals surface area contributed by atoms with Gasteiger partial charge in [0.1, 0.15) is 5.69 Å². The minimum Gasteiger partial charge on any atom is -0.504 e. The van der Waals surface area contributed by atoms with Crippen molar-refractivity contribution < 1.29 is 19.6 Å². The Morgan fingerprint density at radius 3 is 2.87 bits per heavy atom. The zero-order valence-electron chi connectivity index (χ0n) is 12.0. The third kappa shape index (κ3) is 3.79. The summed E-state index contributed by atoms with van der Waals surface area (Å²) in [6.45, 7) is 0. The third-order valence-corrected chi connectivity index (χ3v) is 2.79.